The van der Waals surface area contributed by atoms with E-state index in [1.54, 1.807) is 18.4 Å². The highest BCUT2D eigenvalue weighted by Gasteiger charge is 2.25. The average Bonchev–Trinajstić information content (AvgIpc) is 3.38. The highest BCUT2D eigenvalue weighted by molar-refractivity contribution is 6.11. The minimum absolute atomic E-state index is 0.252. The highest BCUT2D eigenvalue weighted by atomic mass is 16.3. The van der Waals surface area contributed by atoms with Gasteiger partial charge in [0.1, 0.15) is 22.7 Å². The van der Waals surface area contributed by atoms with Crippen molar-refractivity contribution in [3.63, 3.8) is 0 Å². The maximum Gasteiger partial charge on any atom is 0.257 e. The number of nitrogens with zero attached hydrogens (tertiary/aromatic N) is 3. The van der Waals surface area contributed by atoms with E-state index in [2.05, 4.69) is 5.32 Å². The van der Waals surface area contributed by atoms with Crippen LogP contribution in [0.3, 0.4) is 0 Å². The first-order valence-corrected chi connectivity index (χ1v) is 9.98. The number of anilines is 1. The minimum Gasteiger partial charge on any atom is -0.467 e. The fraction of sp³-hybridized carbons (Fsp3) is 0.125. The van der Waals surface area contributed by atoms with Gasteiger partial charge in [0.05, 0.1) is 29.5 Å². The van der Waals surface area contributed by atoms with Crippen molar-refractivity contribution in [3.8, 4) is 5.69 Å². The number of nitrogens with one attached hydrogen (secondary N) is 1. The third-order valence-electron chi connectivity index (χ3n) is 5.55. The van der Waals surface area contributed by atoms with Crippen LogP contribution in [0.15, 0.2) is 65.3 Å². The van der Waals surface area contributed by atoms with Crippen LogP contribution in [0.2, 0.25) is 0 Å². The average molecular weight is 411 g/mol. The molecule has 0 saturated heterocycles. The molecule has 0 radical (unpaired) electrons. The van der Waals surface area contributed by atoms with Crippen LogP contribution in [0.1, 0.15) is 27.2 Å². The maximum atomic E-state index is 13.2. The maximum absolute atomic E-state index is 13.2. The lowest BCUT2D eigenvalue weighted by molar-refractivity contribution is 0.0950. The van der Waals surface area contributed by atoms with E-state index in [0.717, 1.165) is 22.3 Å². The van der Waals surface area contributed by atoms with Gasteiger partial charge in [0.15, 0.2) is 5.65 Å². The summed E-state index contributed by atoms with van der Waals surface area (Å²) in [7, 11) is 0. The fourth-order valence-electron chi connectivity index (χ4n) is 3.78. The van der Waals surface area contributed by atoms with Crippen LogP contribution in [0.25, 0.3) is 27.9 Å². The number of carbonyl (C=O) groups is 1. The summed E-state index contributed by atoms with van der Waals surface area (Å²) in [6.45, 7) is 4.32. The minimum atomic E-state index is -0.326. The molecule has 31 heavy (non-hydrogen) atoms. The normalized spacial score (nSPS) is 11.3. The zero-order chi connectivity index (χ0) is 21.5. The Morgan fingerprint density at radius 3 is 2.55 bits per heavy atom. The van der Waals surface area contributed by atoms with E-state index >= 15 is 0 Å². The summed E-state index contributed by atoms with van der Waals surface area (Å²) in [5.41, 5.74) is 12.4. The van der Waals surface area contributed by atoms with Crippen LogP contribution in [-0.4, -0.2) is 20.4 Å². The first-order valence-electron chi connectivity index (χ1n) is 9.98. The van der Waals surface area contributed by atoms with Crippen LogP contribution >= 0.6 is 0 Å². The van der Waals surface area contributed by atoms with E-state index in [1.807, 2.05) is 60.9 Å². The summed E-state index contributed by atoms with van der Waals surface area (Å²) >= 11 is 0. The Morgan fingerprint density at radius 1 is 1.03 bits per heavy atom. The second-order valence-corrected chi connectivity index (χ2v) is 7.46. The van der Waals surface area contributed by atoms with Crippen molar-refractivity contribution in [1.82, 2.24) is 19.9 Å². The summed E-state index contributed by atoms with van der Waals surface area (Å²) in [4.78, 5) is 22.8. The lowest BCUT2D eigenvalue weighted by Gasteiger charge is -2.13. The van der Waals surface area contributed by atoms with Gasteiger partial charge in [0.2, 0.25) is 0 Å². The van der Waals surface area contributed by atoms with E-state index in [4.69, 9.17) is 20.1 Å². The molecule has 0 spiro atoms. The monoisotopic (exact) mass is 411 g/mol. The number of furan rings is 1. The Balaban J connectivity index is 1.74. The SMILES string of the molecule is Cc1cccc(-n2c(N)c(C(=O)NCc3ccco3)c3nc4ccccc4nc32)c1C. The highest BCUT2D eigenvalue weighted by Crippen LogP contribution is 2.32. The molecular weight excluding hydrogens is 390 g/mol. The summed E-state index contributed by atoms with van der Waals surface area (Å²) < 4.78 is 7.14. The van der Waals surface area contributed by atoms with Gasteiger partial charge in [-0.3, -0.25) is 9.36 Å². The molecule has 3 aromatic heterocycles. The molecule has 0 aliphatic carbocycles. The Kier molecular flexibility index (Phi) is 4.43. The second kappa shape index (κ2) is 7.28. The van der Waals surface area contributed by atoms with Crippen molar-refractivity contribution >= 4 is 33.9 Å². The summed E-state index contributed by atoms with van der Waals surface area (Å²) in [5, 5.41) is 2.88. The van der Waals surface area contributed by atoms with Crippen molar-refractivity contribution in [3.05, 3.63) is 83.3 Å². The number of nitrogens with two attached hydrogens (primary N) is 1. The number of amides is 1. The van der Waals surface area contributed by atoms with Gasteiger partial charge in [0, 0.05) is 0 Å². The van der Waals surface area contributed by atoms with Crippen molar-refractivity contribution < 1.29 is 9.21 Å². The molecule has 0 aliphatic heterocycles. The van der Waals surface area contributed by atoms with Crippen LogP contribution in [0, 0.1) is 13.8 Å². The molecule has 3 N–H and O–H groups in total. The van der Waals surface area contributed by atoms with E-state index in [-0.39, 0.29) is 12.5 Å². The summed E-state index contributed by atoms with van der Waals surface area (Å²) in [5.74, 6) is 0.630. The predicted molar refractivity (Wildman–Crippen MR) is 120 cm³/mol. The number of nitrogen functional groups attached to an aromatic ring is 1. The lowest BCUT2D eigenvalue weighted by atomic mass is 10.1. The molecule has 1 amide bonds. The number of aryl methyl sites for hydroxylation is 1. The summed E-state index contributed by atoms with van der Waals surface area (Å²) in [6.07, 6.45) is 1.57. The molecule has 154 valence electrons. The number of fused-ring (bicyclic) bond motifs is 2. The Bertz CT molecular complexity index is 1430. The first-order chi connectivity index (χ1) is 15.0. The fourth-order valence-corrected chi connectivity index (χ4v) is 3.78. The van der Waals surface area contributed by atoms with E-state index < -0.39 is 0 Å². The molecular formula is C24H21N5O2. The number of hydrogen-bond donors (Lipinski definition) is 2. The topological polar surface area (TPSA) is 99.0 Å². The van der Waals surface area contributed by atoms with Gasteiger partial charge in [-0.05, 0) is 55.3 Å². The molecule has 0 saturated carbocycles. The van der Waals surface area contributed by atoms with Crippen molar-refractivity contribution in [1.29, 1.82) is 0 Å². The lowest BCUT2D eigenvalue weighted by Crippen LogP contribution is -2.23. The Hall–Kier alpha value is -4.13. The smallest absolute Gasteiger partial charge is 0.257 e. The molecule has 0 atom stereocenters. The van der Waals surface area contributed by atoms with Crippen molar-refractivity contribution in [2.24, 2.45) is 0 Å². The van der Waals surface area contributed by atoms with E-state index in [9.17, 15) is 4.79 Å². The number of benzene rings is 2. The molecule has 0 unspecified atom stereocenters. The van der Waals surface area contributed by atoms with Crippen LogP contribution in [0.5, 0.6) is 0 Å². The summed E-state index contributed by atoms with van der Waals surface area (Å²) in [6, 6.07) is 17.1. The van der Waals surface area contributed by atoms with Crippen LogP contribution in [-0.2, 0) is 6.54 Å². The van der Waals surface area contributed by atoms with Gasteiger partial charge in [-0.15, -0.1) is 0 Å². The zero-order valence-electron chi connectivity index (χ0n) is 17.2. The number of hydrogen-bond acceptors (Lipinski definition) is 5. The first kappa shape index (κ1) is 18.9. The molecule has 0 aliphatic rings. The third kappa shape index (κ3) is 3.11. The molecule has 5 aromatic rings. The second-order valence-electron chi connectivity index (χ2n) is 7.46. The van der Waals surface area contributed by atoms with Gasteiger partial charge in [-0.2, -0.15) is 0 Å². The van der Waals surface area contributed by atoms with Gasteiger partial charge in [-0.25, -0.2) is 9.97 Å². The number of para-hydroxylation sites is 2. The third-order valence-corrected chi connectivity index (χ3v) is 5.55. The Morgan fingerprint density at radius 2 is 1.81 bits per heavy atom. The largest absolute Gasteiger partial charge is 0.467 e. The van der Waals surface area contributed by atoms with Gasteiger partial charge in [-0.1, -0.05) is 24.3 Å². The van der Waals surface area contributed by atoms with Gasteiger partial charge in [0.25, 0.3) is 5.91 Å². The van der Waals surface area contributed by atoms with E-state index in [1.165, 1.54) is 0 Å². The molecule has 5 rings (SSSR count). The quantitative estimate of drug-likeness (QED) is 0.459. The molecule has 0 fully saturated rings. The van der Waals surface area contributed by atoms with Crippen LogP contribution < -0.4 is 11.1 Å². The molecule has 7 heteroatoms. The molecule has 3 heterocycles. The standard InChI is InChI=1S/C24H21N5O2/c1-14-7-5-11-19(15(14)2)29-22(25)20(24(30)26-13-16-8-6-12-31-16)21-23(29)28-18-10-4-3-9-17(18)27-21/h3-12H,13,25H2,1-2H3,(H,26,30). The van der Waals surface area contributed by atoms with E-state index in [0.29, 0.717) is 33.8 Å². The molecule has 7 nitrogen and oxygen atoms in total. The molecule has 2 aromatic carbocycles. The Labute approximate surface area is 178 Å². The van der Waals surface area contributed by atoms with Gasteiger partial charge >= 0.3 is 0 Å². The predicted octanol–water partition coefficient (Wildman–Crippen LogP) is 4.30. The molecule has 0 bridgehead atoms. The zero-order valence-corrected chi connectivity index (χ0v) is 17.2. The number of aromatic nitrogens is 3. The van der Waals surface area contributed by atoms with Crippen molar-refractivity contribution in [2.45, 2.75) is 20.4 Å². The van der Waals surface area contributed by atoms with Gasteiger partial charge < -0.3 is 15.5 Å². The number of carbonyl (C=O) groups excluding carboxylic acids is 1. The number of rotatable bonds is 4. The van der Waals surface area contributed by atoms with Crippen molar-refractivity contribution in [2.75, 3.05) is 5.73 Å². The van der Waals surface area contributed by atoms with Crippen LogP contribution in [0.4, 0.5) is 5.82 Å².